The topological polar surface area (TPSA) is 50.1 Å². The average Bonchev–Trinajstić information content (AvgIpc) is 2.86. The van der Waals surface area contributed by atoms with Crippen molar-refractivity contribution in [1.82, 2.24) is 15.1 Å². The van der Waals surface area contributed by atoms with Crippen molar-refractivity contribution in [2.24, 2.45) is 0 Å². The van der Waals surface area contributed by atoms with Gasteiger partial charge in [-0.3, -0.25) is 0 Å². The number of aromatic nitrogens is 2. The van der Waals surface area contributed by atoms with Crippen LogP contribution in [0.3, 0.4) is 0 Å². The zero-order valence-electron chi connectivity index (χ0n) is 11.8. The maximum atomic E-state index is 12.9. The van der Waals surface area contributed by atoms with Crippen LogP contribution in [0.5, 0.6) is 0 Å². The largest absolute Gasteiger partial charge is 0.396 e. The molecule has 1 aromatic carbocycles. The number of halogens is 1. The number of rotatable bonds is 6. The van der Waals surface area contributed by atoms with E-state index in [2.05, 4.69) is 10.4 Å². The maximum Gasteiger partial charge on any atom is 0.123 e. The lowest BCUT2D eigenvalue weighted by molar-refractivity contribution is 0.230. The number of hydrogen-bond acceptors (Lipinski definition) is 3. The van der Waals surface area contributed by atoms with Gasteiger partial charge in [0.05, 0.1) is 11.9 Å². The highest BCUT2D eigenvalue weighted by Crippen LogP contribution is 2.12. The highest BCUT2D eigenvalue weighted by Gasteiger charge is 2.16. The summed E-state index contributed by atoms with van der Waals surface area (Å²) in [5.41, 5.74) is 1.75. The third-order valence-electron chi connectivity index (χ3n) is 3.24. The summed E-state index contributed by atoms with van der Waals surface area (Å²) < 4.78 is 14.6. The van der Waals surface area contributed by atoms with Gasteiger partial charge in [-0.25, -0.2) is 9.07 Å². The van der Waals surface area contributed by atoms with Crippen molar-refractivity contribution in [3.63, 3.8) is 0 Å². The number of aliphatic hydroxyl groups is 1. The van der Waals surface area contributed by atoms with E-state index in [1.54, 1.807) is 23.0 Å². The SMILES string of the molecule is CC(C)(CCO)NCc1cnn(-c2ccc(F)cc2)c1. The van der Waals surface area contributed by atoms with Crippen molar-refractivity contribution >= 4 is 0 Å². The molecule has 2 rings (SSSR count). The first-order valence-electron chi connectivity index (χ1n) is 6.65. The number of aliphatic hydroxyl groups excluding tert-OH is 1. The fourth-order valence-electron chi connectivity index (χ4n) is 1.90. The first-order chi connectivity index (χ1) is 9.50. The molecule has 0 aliphatic carbocycles. The van der Waals surface area contributed by atoms with E-state index in [9.17, 15) is 4.39 Å². The van der Waals surface area contributed by atoms with Gasteiger partial charge in [-0.1, -0.05) is 0 Å². The Kier molecular flexibility index (Phi) is 4.52. The zero-order chi connectivity index (χ0) is 14.6. The van der Waals surface area contributed by atoms with Gasteiger partial charge < -0.3 is 10.4 Å². The normalized spacial score (nSPS) is 11.8. The van der Waals surface area contributed by atoms with Crippen molar-refractivity contribution < 1.29 is 9.50 Å². The smallest absolute Gasteiger partial charge is 0.123 e. The Morgan fingerprint density at radius 2 is 2.00 bits per heavy atom. The molecule has 1 heterocycles. The van der Waals surface area contributed by atoms with Crippen LogP contribution in [0.25, 0.3) is 5.69 Å². The second-order valence-corrected chi connectivity index (χ2v) is 5.48. The molecule has 0 atom stereocenters. The molecule has 4 nitrogen and oxygen atoms in total. The van der Waals surface area contributed by atoms with E-state index in [1.165, 1.54) is 12.1 Å². The van der Waals surface area contributed by atoms with Gasteiger partial charge in [0.2, 0.25) is 0 Å². The van der Waals surface area contributed by atoms with Crippen molar-refractivity contribution in [3.05, 3.63) is 48.0 Å². The zero-order valence-corrected chi connectivity index (χ0v) is 11.8. The molecule has 20 heavy (non-hydrogen) atoms. The van der Waals surface area contributed by atoms with E-state index in [4.69, 9.17) is 5.11 Å². The summed E-state index contributed by atoms with van der Waals surface area (Å²) in [4.78, 5) is 0. The van der Waals surface area contributed by atoms with Crippen molar-refractivity contribution in [3.8, 4) is 5.69 Å². The lowest BCUT2D eigenvalue weighted by atomic mass is 10.0. The Labute approximate surface area is 118 Å². The summed E-state index contributed by atoms with van der Waals surface area (Å²) in [5.74, 6) is -0.256. The van der Waals surface area contributed by atoms with Gasteiger partial charge in [-0.2, -0.15) is 5.10 Å². The minimum atomic E-state index is -0.256. The molecule has 0 saturated heterocycles. The van der Waals surface area contributed by atoms with Crippen LogP contribution < -0.4 is 5.32 Å². The van der Waals surface area contributed by atoms with Crippen LogP contribution in [0, 0.1) is 5.82 Å². The van der Waals surface area contributed by atoms with Crippen LogP contribution in [0.1, 0.15) is 25.8 Å². The molecule has 1 aromatic heterocycles. The Morgan fingerprint density at radius 1 is 1.30 bits per heavy atom. The molecule has 0 spiro atoms. The molecule has 5 heteroatoms. The summed E-state index contributed by atoms with van der Waals surface area (Å²) in [5, 5.41) is 16.6. The second kappa shape index (κ2) is 6.15. The number of nitrogens with zero attached hydrogens (tertiary/aromatic N) is 2. The second-order valence-electron chi connectivity index (χ2n) is 5.48. The first-order valence-corrected chi connectivity index (χ1v) is 6.65. The summed E-state index contributed by atoms with van der Waals surface area (Å²) in [7, 11) is 0. The molecule has 0 fully saturated rings. The number of benzene rings is 1. The summed E-state index contributed by atoms with van der Waals surface area (Å²) in [6.45, 7) is 4.93. The highest BCUT2D eigenvalue weighted by molar-refractivity contribution is 5.31. The molecular weight excluding hydrogens is 257 g/mol. The minimum Gasteiger partial charge on any atom is -0.396 e. The van der Waals surface area contributed by atoms with E-state index in [-0.39, 0.29) is 18.0 Å². The van der Waals surface area contributed by atoms with Crippen molar-refractivity contribution in [2.45, 2.75) is 32.4 Å². The van der Waals surface area contributed by atoms with E-state index in [0.29, 0.717) is 13.0 Å². The van der Waals surface area contributed by atoms with Gasteiger partial charge in [-0.05, 0) is 44.5 Å². The van der Waals surface area contributed by atoms with Crippen LogP contribution in [-0.2, 0) is 6.54 Å². The third-order valence-corrected chi connectivity index (χ3v) is 3.24. The summed E-state index contributed by atoms with van der Waals surface area (Å²) in [6.07, 6.45) is 4.39. The molecule has 0 aliphatic heterocycles. The quantitative estimate of drug-likeness (QED) is 0.851. The van der Waals surface area contributed by atoms with Crippen molar-refractivity contribution in [1.29, 1.82) is 0 Å². The molecule has 0 aliphatic rings. The molecule has 0 radical (unpaired) electrons. The Bertz CT molecular complexity index is 549. The van der Waals surface area contributed by atoms with E-state index in [1.807, 2.05) is 20.0 Å². The molecule has 0 unspecified atom stereocenters. The summed E-state index contributed by atoms with van der Waals surface area (Å²) in [6, 6.07) is 6.21. The monoisotopic (exact) mass is 277 g/mol. The van der Waals surface area contributed by atoms with Gasteiger partial charge >= 0.3 is 0 Å². The van der Waals surface area contributed by atoms with Gasteiger partial charge in [-0.15, -0.1) is 0 Å². The van der Waals surface area contributed by atoms with Crippen LogP contribution in [0.2, 0.25) is 0 Å². The van der Waals surface area contributed by atoms with E-state index >= 15 is 0 Å². The van der Waals surface area contributed by atoms with Gasteiger partial charge in [0, 0.05) is 30.5 Å². The lowest BCUT2D eigenvalue weighted by Crippen LogP contribution is -2.39. The summed E-state index contributed by atoms with van der Waals surface area (Å²) >= 11 is 0. The minimum absolute atomic E-state index is 0.118. The fraction of sp³-hybridized carbons (Fsp3) is 0.400. The number of nitrogens with one attached hydrogen (secondary N) is 1. The standard InChI is InChI=1S/C15H20FN3O/c1-15(2,7-8-20)17-9-12-10-18-19(11-12)14-5-3-13(16)4-6-14/h3-6,10-11,17,20H,7-9H2,1-2H3. The predicted molar refractivity (Wildman–Crippen MR) is 76.1 cm³/mol. The Balaban J connectivity index is 2.00. The molecule has 0 saturated carbocycles. The van der Waals surface area contributed by atoms with Crippen molar-refractivity contribution in [2.75, 3.05) is 6.61 Å². The van der Waals surface area contributed by atoms with Crippen LogP contribution in [-0.4, -0.2) is 27.0 Å². The fourth-order valence-corrected chi connectivity index (χ4v) is 1.90. The molecule has 0 bridgehead atoms. The molecular formula is C15H20FN3O. The highest BCUT2D eigenvalue weighted by atomic mass is 19.1. The Morgan fingerprint density at radius 3 is 2.65 bits per heavy atom. The molecule has 108 valence electrons. The van der Waals surface area contributed by atoms with E-state index < -0.39 is 0 Å². The third kappa shape index (κ3) is 3.88. The van der Waals surface area contributed by atoms with Crippen LogP contribution >= 0.6 is 0 Å². The molecule has 2 N–H and O–H groups in total. The van der Waals surface area contributed by atoms with Gasteiger partial charge in [0.1, 0.15) is 5.82 Å². The first kappa shape index (κ1) is 14.7. The average molecular weight is 277 g/mol. The Hall–Kier alpha value is -1.72. The molecule has 2 aromatic rings. The van der Waals surface area contributed by atoms with Crippen LogP contribution in [0.15, 0.2) is 36.7 Å². The van der Waals surface area contributed by atoms with E-state index in [0.717, 1.165) is 11.3 Å². The molecule has 0 amide bonds. The van der Waals surface area contributed by atoms with Gasteiger partial charge in [0.15, 0.2) is 0 Å². The maximum absolute atomic E-state index is 12.9. The van der Waals surface area contributed by atoms with Gasteiger partial charge in [0.25, 0.3) is 0 Å². The lowest BCUT2D eigenvalue weighted by Gasteiger charge is -2.25. The predicted octanol–water partition coefficient (Wildman–Crippen LogP) is 2.26. The van der Waals surface area contributed by atoms with Crippen LogP contribution in [0.4, 0.5) is 4.39 Å². The number of hydrogen-bond donors (Lipinski definition) is 2.